The summed E-state index contributed by atoms with van der Waals surface area (Å²) in [5.41, 5.74) is 0. The van der Waals surface area contributed by atoms with Gasteiger partial charge < -0.3 is 10.2 Å². The van der Waals surface area contributed by atoms with Crippen LogP contribution in [0.2, 0.25) is 0 Å². The number of carbonyl (C=O) groups excluding carboxylic acids is 1. The Kier molecular flexibility index (Phi) is 3.87. The van der Waals surface area contributed by atoms with Gasteiger partial charge >= 0.3 is 0 Å². The zero-order chi connectivity index (χ0) is 9.84. The summed E-state index contributed by atoms with van der Waals surface area (Å²) in [7, 11) is 2.39. The molecule has 0 bridgehead atoms. The molecule has 0 spiro atoms. The van der Waals surface area contributed by atoms with Gasteiger partial charge in [-0.1, -0.05) is 0 Å². The minimum Gasteiger partial charge on any atom is -0.348 e. The first-order valence-corrected chi connectivity index (χ1v) is 5.84. The van der Waals surface area contributed by atoms with E-state index in [1.54, 1.807) is 14.1 Å². The Morgan fingerprint density at radius 3 is 2.54 bits per heavy atom. The molecule has 1 N–H and O–H groups in total. The predicted molar refractivity (Wildman–Crippen MR) is 52.9 cm³/mol. The Balaban J connectivity index is 2.20. The van der Waals surface area contributed by atoms with Gasteiger partial charge in [-0.3, -0.25) is 9.00 Å². The smallest absolute Gasteiger partial charge is 0.234 e. The van der Waals surface area contributed by atoms with E-state index >= 15 is 0 Å². The molecule has 0 aliphatic carbocycles. The van der Waals surface area contributed by atoms with Crippen LogP contribution < -0.4 is 5.32 Å². The van der Waals surface area contributed by atoms with Crippen LogP contribution in [-0.2, 0) is 15.6 Å². The van der Waals surface area contributed by atoms with E-state index in [1.807, 2.05) is 0 Å². The number of nitrogens with one attached hydrogen (secondary N) is 1. The van der Waals surface area contributed by atoms with Gasteiger partial charge in [-0.25, -0.2) is 0 Å². The lowest BCUT2D eigenvalue weighted by molar-refractivity contribution is -0.125. The van der Waals surface area contributed by atoms with Crippen LogP contribution in [0.4, 0.5) is 0 Å². The standard InChI is InChI=1S/C8H16N2O2S/c1-10(2)8(11)6-13(12)5-7-3-9-4-7/h7,9H,3-6H2,1-2H3. The molecule has 4 nitrogen and oxygen atoms in total. The van der Waals surface area contributed by atoms with Crippen LogP contribution in [-0.4, -0.2) is 53.7 Å². The highest BCUT2D eigenvalue weighted by Gasteiger charge is 2.20. The van der Waals surface area contributed by atoms with Crippen LogP contribution in [0.5, 0.6) is 0 Å². The van der Waals surface area contributed by atoms with Crippen LogP contribution in [0, 0.1) is 5.92 Å². The Bertz CT molecular complexity index is 214. The maximum atomic E-state index is 11.4. The van der Waals surface area contributed by atoms with Gasteiger partial charge in [0.25, 0.3) is 0 Å². The van der Waals surface area contributed by atoms with Crippen molar-refractivity contribution in [3.63, 3.8) is 0 Å². The largest absolute Gasteiger partial charge is 0.348 e. The van der Waals surface area contributed by atoms with Crippen molar-refractivity contribution in [2.45, 2.75) is 0 Å². The van der Waals surface area contributed by atoms with Crippen molar-refractivity contribution >= 4 is 16.7 Å². The molecule has 1 aliphatic rings. The number of amides is 1. The van der Waals surface area contributed by atoms with E-state index in [0.29, 0.717) is 11.7 Å². The molecule has 0 aromatic heterocycles. The van der Waals surface area contributed by atoms with Gasteiger partial charge in [0.2, 0.25) is 5.91 Å². The molecule has 1 atom stereocenters. The van der Waals surface area contributed by atoms with E-state index in [0.717, 1.165) is 13.1 Å². The summed E-state index contributed by atoms with van der Waals surface area (Å²) in [6.45, 7) is 1.89. The first kappa shape index (κ1) is 10.7. The average molecular weight is 204 g/mol. The third-order valence-electron chi connectivity index (χ3n) is 2.07. The third kappa shape index (κ3) is 3.44. The lowest BCUT2D eigenvalue weighted by atomic mass is 10.1. The number of nitrogens with zero attached hydrogens (tertiary/aromatic N) is 1. The molecule has 1 heterocycles. The summed E-state index contributed by atoms with van der Waals surface area (Å²) in [4.78, 5) is 12.6. The van der Waals surface area contributed by atoms with Gasteiger partial charge in [0.05, 0.1) is 0 Å². The van der Waals surface area contributed by atoms with Gasteiger partial charge in [-0.05, 0) is 5.92 Å². The zero-order valence-corrected chi connectivity index (χ0v) is 8.89. The second kappa shape index (κ2) is 4.72. The molecule has 1 aliphatic heterocycles. The molecule has 0 aromatic carbocycles. The summed E-state index contributed by atoms with van der Waals surface area (Å²) in [6, 6.07) is 0. The highest BCUT2D eigenvalue weighted by atomic mass is 32.2. The van der Waals surface area contributed by atoms with Crippen molar-refractivity contribution in [2.75, 3.05) is 38.7 Å². The summed E-state index contributed by atoms with van der Waals surface area (Å²) in [6.07, 6.45) is 0. The highest BCUT2D eigenvalue weighted by Crippen LogP contribution is 2.04. The van der Waals surface area contributed by atoms with Crippen LogP contribution >= 0.6 is 0 Å². The van der Waals surface area contributed by atoms with Crippen LogP contribution in [0.1, 0.15) is 0 Å². The maximum absolute atomic E-state index is 11.4. The Hall–Kier alpha value is -0.420. The summed E-state index contributed by atoms with van der Waals surface area (Å²) < 4.78 is 11.4. The molecule has 1 fully saturated rings. The van der Waals surface area contributed by atoms with Crippen molar-refractivity contribution in [2.24, 2.45) is 5.92 Å². The number of carbonyl (C=O) groups is 1. The average Bonchev–Trinajstić information content (AvgIpc) is 1.96. The molecular weight excluding hydrogens is 188 g/mol. The predicted octanol–water partition coefficient (Wildman–Crippen LogP) is -0.957. The zero-order valence-electron chi connectivity index (χ0n) is 8.08. The Morgan fingerprint density at radius 1 is 1.54 bits per heavy atom. The van der Waals surface area contributed by atoms with E-state index in [4.69, 9.17) is 0 Å². The van der Waals surface area contributed by atoms with Crippen LogP contribution in [0.25, 0.3) is 0 Å². The van der Waals surface area contributed by atoms with Crippen LogP contribution in [0.15, 0.2) is 0 Å². The normalized spacial score (nSPS) is 19.2. The van der Waals surface area contributed by atoms with Crippen molar-refractivity contribution in [1.82, 2.24) is 10.2 Å². The van der Waals surface area contributed by atoms with Crippen molar-refractivity contribution in [3.05, 3.63) is 0 Å². The van der Waals surface area contributed by atoms with E-state index in [-0.39, 0.29) is 11.7 Å². The van der Waals surface area contributed by atoms with Crippen LogP contribution in [0.3, 0.4) is 0 Å². The minimum atomic E-state index is -0.981. The monoisotopic (exact) mass is 204 g/mol. The first-order chi connectivity index (χ1) is 6.09. The minimum absolute atomic E-state index is 0.0504. The molecule has 1 amide bonds. The molecule has 13 heavy (non-hydrogen) atoms. The van der Waals surface area contributed by atoms with Gasteiger partial charge in [0.1, 0.15) is 5.75 Å². The van der Waals surface area contributed by atoms with E-state index in [9.17, 15) is 9.00 Å². The van der Waals surface area contributed by atoms with Gasteiger partial charge in [-0.2, -0.15) is 0 Å². The highest BCUT2D eigenvalue weighted by molar-refractivity contribution is 7.85. The fourth-order valence-electron chi connectivity index (χ4n) is 1.05. The number of rotatable bonds is 4. The third-order valence-corrected chi connectivity index (χ3v) is 3.48. The van der Waals surface area contributed by atoms with Crippen molar-refractivity contribution < 1.29 is 9.00 Å². The first-order valence-electron chi connectivity index (χ1n) is 4.35. The van der Waals surface area contributed by atoms with E-state index in [1.165, 1.54) is 4.90 Å². The molecule has 1 rings (SSSR count). The molecule has 0 saturated carbocycles. The van der Waals surface area contributed by atoms with Gasteiger partial charge in [0.15, 0.2) is 0 Å². The molecular formula is C8H16N2O2S. The lowest BCUT2D eigenvalue weighted by Crippen LogP contribution is -2.45. The molecule has 0 aromatic rings. The Labute approximate surface area is 81.1 Å². The SMILES string of the molecule is CN(C)C(=O)CS(=O)CC1CNC1. The summed E-state index contributed by atoms with van der Waals surface area (Å²) in [5.74, 6) is 1.29. The maximum Gasteiger partial charge on any atom is 0.234 e. The molecule has 1 saturated heterocycles. The Morgan fingerprint density at radius 2 is 2.15 bits per heavy atom. The van der Waals surface area contributed by atoms with Crippen molar-refractivity contribution in [1.29, 1.82) is 0 Å². The molecule has 0 radical (unpaired) electrons. The lowest BCUT2D eigenvalue weighted by Gasteiger charge is -2.26. The van der Waals surface area contributed by atoms with E-state index < -0.39 is 10.8 Å². The number of hydrogen-bond acceptors (Lipinski definition) is 3. The molecule has 1 unspecified atom stereocenters. The fraction of sp³-hybridized carbons (Fsp3) is 0.875. The molecule has 5 heteroatoms. The van der Waals surface area contributed by atoms with E-state index in [2.05, 4.69) is 5.32 Å². The quantitative estimate of drug-likeness (QED) is 0.642. The topological polar surface area (TPSA) is 49.4 Å². The van der Waals surface area contributed by atoms with Gasteiger partial charge in [0, 0.05) is 43.7 Å². The second-order valence-electron chi connectivity index (χ2n) is 3.56. The van der Waals surface area contributed by atoms with Gasteiger partial charge in [-0.15, -0.1) is 0 Å². The second-order valence-corrected chi connectivity index (χ2v) is 5.06. The van der Waals surface area contributed by atoms with Crippen molar-refractivity contribution in [3.8, 4) is 0 Å². The summed E-state index contributed by atoms with van der Waals surface area (Å²) in [5, 5.41) is 3.11. The fourth-order valence-corrected chi connectivity index (χ4v) is 2.47. The molecule has 76 valence electrons. The summed E-state index contributed by atoms with van der Waals surface area (Å²) >= 11 is 0. The number of hydrogen-bond donors (Lipinski definition) is 1.